The second-order valence-corrected chi connectivity index (χ2v) is 12.7. The molecule has 0 N–H and O–H groups in total. The molecule has 0 amide bonds. The fourth-order valence-electron chi connectivity index (χ4n) is 5.57. The highest BCUT2D eigenvalue weighted by Crippen LogP contribution is 2.41. The Bertz CT molecular complexity index is 581. The molecule has 150 valence electrons. The van der Waals surface area contributed by atoms with Gasteiger partial charge in [0.05, 0.1) is 0 Å². The van der Waals surface area contributed by atoms with Crippen LogP contribution < -0.4 is 0 Å². The van der Waals surface area contributed by atoms with Crippen LogP contribution in [0.5, 0.6) is 0 Å². The van der Waals surface area contributed by atoms with Crippen molar-refractivity contribution >= 4 is 26.2 Å². The molecule has 1 aliphatic heterocycles. The summed E-state index contributed by atoms with van der Waals surface area (Å²) in [6.07, 6.45) is 12.8. The van der Waals surface area contributed by atoms with Crippen molar-refractivity contribution < 1.29 is 4.39 Å². The van der Waals surface area contributed by atoms with Crippen LogP contribution in [-0.4, -0.2) is 8.80 Å². The highest BCUT2D eigenvalue weighted by atomic mass is 35.5. The molecule has 0 radical (unpaired) electrons. The maximum Gasteiger partial charge on any atom is 0.141 e. The van der Waals surface area contributed by atoms with E-state index < -0.39 is 0 Å². The molecule has 2 aliphatic rings. The molecule has 0 spiro atoms. The van der Waals surface area contributed by atoms with Gasteiger partial charge in [-0.25, -0.2) is 4.39 Å². The molecule has 3 heteroatoms. The smallest absolute Gasteiger partial charge is 0.141 e. The van der Waals surface area contributed by atoms with Gasteiger partial charge in [0.1, 0.15) is 5.83 Å². The summed E-state index contributed by atoms with van der Waals surface area (Å²) in [6.45, 7) is 2.37. The molecule has 1 aromatic carbocycles. The number of rotatable bonds is 7. The number of hydrogen-bond acceptors (Lipinski definition) is 0. The van der Waals surface area contributed by atoms with Crippen molar-refractivity contribution in [2.24, 2.45) is 17.8 Å². The van der Waals surface area contributed by atoms with E-state index in [1.165, 1.54) is 44.1 Å². The average molecular weight is 407 g/mol. The first-order chi connectivity index (χ1) is 13.2. The molecule has 0 atom stereocenters. The normalized spacial score (nSPS) is 29.7. The summed E-state index contributed by atoms with van der Waals surface area (Å²) < 4.78 is 13.5. The second-order valence-electron chi connectivity index (χ2n) is 9.04. The van der Waals surface area contributed by atoms with Gasteiger partial charge in [-0.2, -0.15) is 0 Å². The maximum atomic E-state index is 13.5. The van der Waals surface area contributed by atoms with Crippen LogP contribution in [0.15, 0.2) is 29.8 Å². The quantitative estimate of drug-likeness (QED) is 0.402. The Morgan fingerprint density at radius 1 is 1.04 bits per heavy atom. The Morgan fingerprint density at radius 3 is 2.26 bits per heavy atom. The summed E-state index contributed by atoms with van der Waals surface area (Å²) in [4.78, 5) is 0. The molecule has 1 heterocycles. The monoisotopic (exact) mass is 406 g/mol. The molecule has 1 saturated carbocycles. The number of benzene rings is 1. The van der Waals surface area contributed by atoms with Gasteiger partial charge in [-0.15, -0.1) is 0 Å². The first-order valence-corrected chi connectivity index (χ1v) is 14.1. The van der Waals surface area contributed by atoms with Crippen molar-refractivity contribution in [1.82, 2.24) is 0 Å². The van der Waals surface area contributed by atoms with E-state index >= 15 is 0 Å². The molecule has 1 aliphatic carbocycles. The van der Waals surface area contributed by atoms with Gasteiger partial charge >= 0.3 is 0 Å². The molecule has 27 heavy (non-hydrogen) atoms. The fraction of sp³-hybridized carbons (Fsp3) is 0.667. The minimum absolute atomic E-state index is 0.324. The van der Waals surface area contributed by atoms with E-state index in [-0.39, 0.29) is 14.6 Å². The average Bonchev–Trinajstić information content (AvgIpc) is 2.73. The lowest BCUT2D eigenvalue weighted by Gasteiger charge is -2.37. The number of halogens is 2. The van der Waals surface area contributed by atoms with E-state index in [9.17, 15) is 4.39 Å². The number of hydrogen-bond donors (Lipinski definition) is 0. The molecule has 3 rings (SSSR count). The van der Waals surface area contributed by atoms with Crippen LogP contribution >= 0.6 is 11.6 Å². The third-order valence-corrected chi connectivity index (χ3v) is 11.2. The molecule has 0 aromatic heterocycles. The Hall–Kier alpha value is -0.603. The van der Waals surface area contributed by atoms with Crippen molar-refractivity contribution in [1.29, 1.82) is 0 Å². The zero-order valence-corrected chi connectivity index (χ0v) is 18.8. The minimum atomic E-state index is -0.354. The van der Waals surface area contributed by atoms with Crippen molar-refractivity contribution in [2.45, 2.75) is 82.8 Å². The molecule has 1 saturated heterocycles. The minimum Gasteiger partial charge on any atom is -0.205 e. The highest BCUT2D eigenvalue weighted by molar-refractivity contribution is 6.58. The molecule has 1 aromatic rings. The first kappa shape index (κ1) is 21.1. The van der Waals surface area contributed by atoms with E-state index in [1.807, 2.05) is 12.1 Å². The molecule has 2 fully saturated rings. The molecule has 0 bridgehead atoms. The van der Waals surface area contributed by atoms with Crippen LogP contribution in [0.2, 0.25) is 18.1 Å². The lowest BCUT2D eigenvalue weighted by molar-refractivity contribution is 0.186. The van der Waals surface area contributed by atoms with E-state index in [0.29, 0.717) is 5.56 Å². The predicted molar refractivity (Wildman–Crippen MR) is 120 cm³/mol. The molecular weight excluding hydrogens is 371 g/mol. The van der Waals surface area contributed by atoms with Crippen molar-refractivity contribution in [2.75, 3.05) is 0 Å². The van der Waals surface area contributed by atoms with Crippen LogP contribution in [0.4, 0.5) is 4.39 Å². The van der Waals surface area contributed by atoms with E-state index in [1.54, 1.807) is 31.0 Å². The summed E-state index contributed by atoms with van der Waals surface area (Å²) >= 11 is 5.44. The van der Waals surface area contributed by atoms with Crippen molar-refractivity contribution in [3.63, 3.8) is 0 Å². The fourth-order valence-corrected chi connectivity index (χ4v) is 9.18. The Labute approximate surface area is 172 Å². The van der Waals surface area contributed by atoms with Crippen molar-refractivity contribution in [3.05, 3.63) is 40.9 Å². The standard InChI is InChI=1S/C24H36ClFSi/c1-2-15-27-16-13-22(14-17-27)21-9-5-19(6-10-21)3-4-20-7-11-23(12-8-20)24(26)18-25/h7-8,11-12,18-19,21-22,27H,2-6,9-10,13-17H2,1H3/b24-18-. The predicted octanol–water partition coefficient (Wildman–Crippen LogP) is 7.98. The maximum absolute atomic E-state index is 13.5. The van der Waals surface area contributed by atoms with Gasteiger partial charge in [-0.1, -0.05) is 93.0 Å². The van der Waals surface area contributed by atoms with Crippen LogP contribution in [0.25, 0.3) is 5.83 Å². The summed E-state index contributed by atoms with van der Waals surface area (Å²) in [5.74, 6) is 2.63. The topological polar surface area (TPSA) is 0 Å². The first-order valence-electron chi connectivity index (χ1n) is 11.2. The van der Waals surface area contributed by atoms with Crippen LogP contribution in [0.1, 0.15) is 69.4 Å². The Balaban J connectivity index is 1.37. The lowest BCUT2D eigenvalue weighted by Crippen LogP contribution is -2.28. The summed E-state index contributed by atoms with van der Waals surface area (Å²) in [7, 11) is -0.324. The van der Waals surface area contributed by atoms with Gasteiger partial charge in [0, 0.05) is 19.9 Å². The van der Waals surface area contributed by atoms with Crippen LogP contribution in [0.3, 0.4) is 0 Å². The molecule has 0 unspecified atom stereocenters. The third-order valence-electron chi connectivity index (χ3n) is 7.31. The van der Waals surface area contributed by atoms with E-state index in [2.05, 4.69) is 19.1 Å². The van der Waals surface area contributed by atoms with Crippen molar-refractivity contribution in [3.8, 4) is 0 Å². The van der Waals surface area contributed by atoms with E-state index in [4.69, 9.17) is 11.6 Å². The third kappa shape index (κ3) is 6.19. The van der Waals surface area contributed by atoms with Gasteiger partial charge in [0.2, 0.25) is 0 Å². The van der Waals surface area contributed by atoms with Gasteiger partial charge in [-0.3, -0.25) is 0 Å². The van der Waals surface area contributed by atoms with Gasteiger partial charge in [0.15, 0.2) is 0 Å². The largest absolute Gasteiger partial charge is 0.205 e. The van der Waals surface area contributed by atoms with Gasteiger partial charge < -0.3 is 0 Å². The highest BCUT2D eigenvalue weighted by Gasteiger charge is 2.30. The van der Waals surface area contributed by atoms with Crippen LogP contribution in [0, 0.1) is 17.8 Å². The van der Waals surface area contributed by atoms with Gasteiger partial charge in [-0.05, 0) is 49.0 Å². The van der Waals surface area contributed by atoms with Gasteiger partial charge in [0.25, 0.3) is 0 Å². The summed E-state index contributed by atoms with van der Waals surface area (Å²) in [5, 5.41) is 0. The molecule has 0 nitrogen and oxygen atoms in total. The SMILES string of the molecule is CCC[SiH]1CCC(C2CCC(CCc3ccc(/C(F)=C/Cl)cc3)CC2)CC1. The number of aryl methyl sites for hydroxylation is 1. The second kappa shape index (κ2) is 10.8. The van der Waals surface area contributed by atoms with E-state index in [0.717, 1.165) is 29.7 Å². The zero-order valence-electron chi connectivity index (χ0n) is 16.9. The Kier molecular flexibility index (Phi) is 8.45. The van der Waals surface area contributed by atoms with Crippen LogP contribution in [-0.2, 0) is 6.42 Å². The lowest BCUT2D eigenvalue weighted by atomic mass is 9.73. The zero-order chi connectivity index (χ0) is 19.1. The Morgan fingerprint density at radius 2 is 1.67 bits per heavy atom. The summed E-state index contributed by atoms with van der Waals surface area (Å²) in [5.41, 5.74) is 2.90. The molecular formula is C24H36ClFSi. The summed E-state index contributed by atoms with van der Waals surface area (Å²) in [6, 6.07) is 12.7.